The molecular formula is C14H22N2O. The summed E-state index contributed by atoms with van der Waals surface area (Å²) >= 11 is 0. The van der Waals surface area contributed by atoms with Gasteiger partial charge in [0, 0.05) is 19.5 Å². The van der Waals surface area contributed by atoms with Gasteiger partial charge in [0.2, 0.25) is 0 Å². The normalized spacial score (nSPS) is 21.1. The third kappa shape index (κ3) is 2.50. The highest BCUT2D eigenvalue weighted by atomic mass is 16.5. The number of hydrogen-bond acceptors (Lipinski definition) is 3. The van der Waals surface area contributed by atoms with E-state index in [1.165, 1.54) is 24.8 Å². The number of nitrogens with one attached hydrogen (secondary N) is 1. The van der Waals surface area contributed by atoms with Crippen LogP contribution in [-0.4, -0.2) is 24.7 Å². The molecule has 0 amide bonds. The first kappa shape index (κ1) is 12.5. The van der Waals surface area contributed by atoms with E-state index >= 15 is 0 Å². The zero-order valence-corrected chi connectivity index (χ0v) is 10.8. The fraction of sp³-hybridized carbons (Fsp3) is 0.643. The van der Waals surface area contributed by atoms with Gasteiger partial charge in [0.05, 0.1) is 11.6 Å². The summed E-state index contributed by atoms with van der Waals surface area (Å²) in [4.78, 5) is 4.22. The lowest BCUT2D eigenvalue weighted by Crippen LogP contribution is -2.46. The number of nitrogens with zero attached hydrogens (tertiary/aromatic N) is 1. The lowest BCUT2D eigenvalue weighted by Gasteiger charge is -2.42. The summed E-state index contributed by atoms with van der Waals surface area (Å²) < 4.78 is 5.90. The Bertz CT molecular complexity index is 333. The largest absolute Gasteiger partial charge is 0.376 e. The molecule has 1 saturated carbocycles. The van der Waals surface area contributed by atoms with Crippen molar-refractivity contribution in [1.29, 1.82) is 0 Å². The number of ether oxygens (including phenoxy) is 1. The second kappa shape index (κ2) is 5.61. The Kier molecular flexibility index (Phi) is 4.13. The maximum absolute atomic E-state index is 5.90. The van der Waals surface area contributed by atoms with E-state index in [1.54, 1.807) is 0 Å². The molecule has 0 aromatic carbocycles. The fourth-order valence-electron chi connectivity index (χ4n) is 3.04. The Labute approximate surface area is 104 Å². The van der Waals surface area contributed by atoms with Crippen LogP contribution in [0.15, 0.2) is 24.5 Å². The van der Waals surface area contributed by atoms with Crippen molar-refractivity contribution < 1.29 is 4.74 Å². The monoisotopic (exact) mass is 234 g/mol. The summed E-state index contributed by atoms with van der Waals surface area (Å²) in [5.74, 6) is 0. The molecule has 3 heteroatoms. The average molecular weight is 234 g/mol. The van der Waals surface area contributed by atoms with Gasteiger partial charge in [-0.1, -0.05) is 25.3 Å². The van der Waals surface area contributed by atoms with Crippen molar-refractivity contribution in [2.24, 2.45) is 0 Å². The van der Waals surface area contributed by atoms with Crippen molar-refractivity contribution in [3.63, 3.8) is 0 Å². The summed E-state index contributed by atoms with van der Waals surface area (Å²) in [7, 11) is 3.85. The molecule has 3 nitrogen and oxygen atoms in total. The molecule has 0 bridgehead atoms. The molecule has 1 aliphatic rings. The van der Waals surface area contributed by atoms with E-state index in [0.717, 1.165) is 12.8 Å². The number of hydrogen-bond donors (Lipinski definition) is 1. The van der Waals surface area contributed by atoms with Crippen LogP contribution in [0.25, 0.3) is 0 Å². The molecule has 0 spiro atoms. The molecule has 1 heterocycles. The molecule has 0 radical (unpaired) electrons. The maximum atomic E-state index is 5.90. The van der Waals surface area contributed by atoms with E-state index in [2.05, 4.69) is 16.4 Å². The van der Waals surface area contributed by atoms with Crippen LogP contribution in [-0.2, 0) is 4.74 Å². The highest BCUT2D eigenvalue weighted by Crippen LogP contribution is 2.40. The van der Waals surface area contributed by atoms with Gasteiger partial charge in [-0.3, -0.25) is 4.98 Å². The van der Waals surface area contributed by atoms with Crippen molar-refractivity contribution in [3.05, 3.63) is 30.1 Å². The quantitative estimate of drug-likeness (QED) is 0.869. The first-order valence-corrected chi connectivity index (χ1v) is 6.45. The molecule has 0 aliphatic heterocycles. The molecule has 1 aromatic heterocycles. The van der Waals surface area contributed by atoms with Crippen molar-refractivity contribution in [1.82, 2.24) is 10.3 Å². The van der Waals surface area contributed by atoms with Crippen LogP contribution >= 0.6 is 0 Å². The SMILES string of the molecule is CNC(c1cccnc1)C1(OC)CCCCC1. The third-order valence-electron chi connectivity index (χ3n) is 3.94. The van der Waals surface area contributed by atoms with E-state index < -0.39 is 0 Å². The summed E-state index contributed by atoms with van der Waals surface area (Å²) in [6.45, 7) is 0. The van der Waals surface area contributed by atoms with Crippen LogP contribution in [0.4, 0.5) is 0 Å². The number of pyridine rings is 1. The first-order valence-electron chi connectivity index (χ1n) is 6.45. The number of aromatic nitrogens is 1. The zero-order chi connectivity index (χ0) is 12.1. The lowest BCUT2D eigenvalue weighted by molar-refractivity contribution is -0.0672. The van der Waals surface area contributed by atoms with Gasteiger partial charge >= 0.3 is 0 Å². The minimum atomic E-state index is -0.0595. The van der Waals surface area contributed by atoms with Gasteiger partial charge in [-0.25, -0.2) is 0 Å². The Hall–Kier alpha value is -0.930. The molecule has 1 aromatic rings. The molecule has 1 atom stereocenters. The Balaban J connectivity index is 2.26. The van der Waals surface area contributed by atoms with Crippen molar-refractivity contribution in [2.45, 2.75) is 43.7 Å². The fourth-order valence-corrected chi connectivity index (χ4v) is 3.04. The summed E-state index contributed by atoms with van der Waals surface area (Å²) in [6.07, 6.45) is 9.86. The Morgan fingerprint density at radius 1 is 1.35 bits per heavy atom. The van der Waals surface area contributed by atoms with Gasteiger partial charge in [-0.15, -0.1) is 0 Å². The van der Waals surface area contributed by atoms with E-state index in [9.17, 15) is 0 Å². The predicted molar refractivity (Wildman–Crippen MR) is 68.9 cm³/mol. The number of methoxy groups -OCH3 is 1. The Morgan fingerprint density at radius 3 is 2.65 bits per heavy atom. The molecule has 1 N–H and O–H groups in total. The standard InChI is InChI=1S/C14H22N2O/c1-15-13(12-7-6-10-16-11-12)14(17-2)8-4-3-5-9-14/h6-7,10-11,13,15H,3-5,8-9H2,1-2H3. The molecular weight excluding hydrogens is 212 g/mol. The summed E-state index contributed by atoms with van der Waals surface area (Å²) in [5, 5.41) is 3.41. The van der Waals surface area contributed by atoms with Crippen molar-refractivity contribution >= 4 is 0 Å². The predicted octanol–water partition coefficient (Wildman–Crippen LogP) is 2.69. The van der Waals surface area contributed by atoms with E-state index in [4.69, 9.17) is 4.74 Å². The molecule has 0 saturated heterocycles. The van der Waals surface area contributed by atoms with Gasteiger partial charge in [0.25, 0.3) is 0 Å². The van der Waals surface area contributed by atoms with Gasteiger partial charge in [-0.2, -0.15) is 0 Å². The smallest absolute Gasteiger partial charge is 0.0873 e. The molecule has 2 rings (SSSR count). The molecule has 1 unspecified atom stereocenters. The van der Waals surface area contributed by atoms with Crippen LogP contribution in [0.2, 0.25) is 0 Å². The van der Waals surface area contributed by atoms with Gasteiger partial charge in [0.1, 0.15) is 0 Å². The minimum Gasteiger partial charge on any atom is -0.376 e. The van der Waals surface area contributed by atoms with Crippen LogP contribution in [0.1, 0.15) is 43.7 Å². The number of rotatable bonds is 4. The summed E-state index contributed by atoms with van der Waals surface area (Å²) in [5.41, 5.74) is 1.16. The Morgan fingerprint density at radius 2 is 2.12 bits per heavy atom. The van der Waals surface area contributed by atoms with Crippen LogP contribution in [0, 0.1) is 0 Å². The first-order chi connectivity index (χ1) is 8.32. The maximum Gasteiger partial charge on any atom is 0.0873 e. The highest BCUT2D eigenvalue weighted by Gasteiger charge is 2.40. The van der Waals surface area contributed by atoms with Gasteiger partial charge in [-0.05, 0) is 31.5 Å². The van der Waals surface area contributed by atoms with Crippen LogP contribution in [0.5, 0.6) is 0 Å². The second-order valence-electron chi connectivity index (χ2n) is 4.84. The van der Waals surface area contributed by atoms with Crippen molar-refractivity contribution in [3.8, 4) is 0 Å². The van der Waals surface area contributed by atoms with Crippen LogP contribution in [0.3, 0.4) is 0 Å². The average Bonchev–Trinajstić information content (AvgIpc) is 2.42. The van der Waals surface area contributed by atoms with Gasteiger partial charge < -0.3 is 10.1 Å². The molecule has 1 fully saturated rings. The van der Waals surface area contributed by atoms with E-state index in [-0.39, 0.29) is 11.6 Å². The minimum absolute atomic E-state index is 0.0595. The van der Waals surface area contributed by atoms with Crippen molar-refractivity contribution in [2.75, 3.05) is 14.2 Å². The molecule has 1 aliphatic carbocycles. The highest BCUT2D eigenvalue weighted by molar-refractivity contribution is 5.19. The zero-order valence-electron chi connectivity index (χ0n) is 10.8. The molecule has 94 valence electrons. The topological polar surface area (TPSA) is 34.2 Å². The molecule has 17 heavy (non-hydrogen) atoms. The van der Waals surface area contributed by atoms with E-state index in [0.29, 0.717) is 0 Å². The third-order valence-corrected chi connectivity index (χ3v) is 3.94. The van der Waals surface area contributed by atoms with Crippen LogP contribution < -0.4 is 5.32 Å². The van der Waals surface area contributed by atoms with Gasteiger partial charge in [0.15, 0.2) is 0 Å². The van der Waals surface area contributed by atoms with E-state index in [1.807, 2.05) is 32.6 Å². The second-order valence-corrected chi connectivity index (χ2v) is 4.84. The lowest BCUT2D eigenvalue weighted by atomic mass is 9.77. The summed E-state index contributed by atoms with van der Waals surface area (Å²) in [6, 6.07) is 4.36. The number of likely N-dealkylation sites (N-methyl/N-ethyl adjacent to an activating group) is 1.